The summed E-state index contributed by atoms with van der Waals surface area (Å²) in [6.07, 6.45) is -11.0. The van der Waals surface area contributed by atoms with Gasteiger partial charge in [-0.1, -0.05) is 0 Å². The second kappa shape index (κ2) is 7.90. The Morgan fingerprint density at radius 2 is 1.84 bits per heavy atom. The summed E-state index contributed by atoms with van der Waals surface area (Å²) < 4.78 is 79.8. The van der Waals surface area contributed by atoms with Crippen molar-refractivity contribution in [3.63, 3.8) is 0 Å². The van der Waals surface area contributed by atoms with Crippen LogP contribution in [0.25, 0.3) is 0 Å². The molecule has 1 aromatic heterocycles. The third kappa shape index (κ3) is 4.36. The molecular weight excluding hydrogens is 446 g/mol. The summed E-state index contributed by atoms with van der Waals surface area (Å²) in [7, 11) is 0. The lowest BCUT2D eigenvalue weighted by molar-refractivity contribution is -0.245. The molecule has 8 nitrogen and oxygen atoms in total. The Kier molecular flexibility index (Phi) is 5.87. The smallest absolute Gasteiger partial charge is 0.385 e. The number of rotatable bonds is 3. The van der Waals surface area contributed by atoms with Crippen molar-refractivity contribution in [3.05, 3.63) is 29.0 Å². The lowest BCUT2D eigenvalue weighted by Gasteiger charge is -2.40. The summed E-state index contributed by atoms with van der Waals surface area (Å²) in [5.41, 5.74) is -0.629. The average Bonchev–Trinajstić information content (AvgIpc) is 2.65. The zero-order valence-corrected chi connectivity index (χ0v) is 16.7. The van der Waals surface area contributed by atoms with E-state index in [1.165, 1.54) is 11.8 Å². The van der Waals surface area contributed by atoms with E-state index in [2.05, 4.69) is 9.97 Å². The number of alkyl halides is 6. The zero-order chi connectivity index (χ0) is 24.1. The number of aryl methyl sites for hydroxylation is 1. The molecule has 5 N–H and O–H groups in total. The number of carbonyl (C=O) groups is 1. The Morgan fingerprint density at radius 1 is 1.25 bits per heavy atom. The van der Waals surface area contributed by atoms with Gasteiger partial charge in [0.25, 0.3) is 0 Å². The van der Waals surface area contributed by atoms with Crippen molar-refractivity contribution < 1.29 is 36.2 Å². The molecule has 0 aromatic carbocycles. The van der Waals surface area contributed by atoms with Gasteiger partial charge in [-0.05, 0) is 19.8 Å². The Bertz CT molecular complexity index is 968. The summed E-state index contributed by atoms with van der Waals surface area (Å²) in [4.78, 5) is 20.4. The van der Waals surface area contributed by atoms with Crippen molar-refractivity contribution in [2.24, 2.45) is 11.7 Å². The van der Waals surface area contributed by atoms with Crippen molar-refractivity contribution in [2.75, 3.05) is 18.0 Å². The van der Waals surface area contributed by atoms with E-state index in [0.29, 0.717) is 0 Å². The molecule has 32 heavy (non-hydrogen) atoms. The number of hydrogen-bond donors (Lipinski definition) is 4. The molecule has 3 rings (SSSR count). The predicted octanol–water partition coefficient (Wildman–Crippen LogP) is 2.02. The van der Waals surface area contributed by atoms with Crippen LogP contribution in [0.1, 0.15) is 30.8 Å². The standard InChI is InChI=1S/C18H20F6N6O2/c1-8-27-10(17(19,20)21)6-11(28-8)30-4-2-9(3-5-30)14(25)13-15(26)29-12(31)7-16(13,32)18(22,23)24/h6,9,25,32H,2-5,7,26H2,1H3,(H,29,31). The van der Waals surface area contributed by atoms with E-state index in [-0.39, 0.29) is 37.6 Å². The molecule has 1 fully saturated rings. The number of nitrogens with two attached hydrogens (primary N) is 1. The summed E-state index contributed by atoms with van der Waals surface area (Å²) in [5, 5.41) is 20.6. The normalized spacial score (nSPS) is 23.4. The second-order valence-electron chi connectivity index (χ2n) is 7.70. The van der Waals surface area contributed by atoms with E-state index in [9.17, 15) is 36.2 Å². The lowest BCUT2D eigenvalue weighted by atomic mass is 9.77. The monoisotopic (exact) mass is 466 g/mol. The molecule has 1 aromatic rings. The number of hydrogen-bond acceptors (Lipinski definition) is 7. The summed E-state index contributed by atoms with van der Waals surface area (Å²) >= 11 is 0. The molecular formula is C18H20F6N6O2. The zero-order valence-electron chi connectivity index (χ0n) is 16.7. The molecule has 3 heterocycles. The number of piperidine rings is 1. The minimum Gasteiger partial charge on any atom is -0.385 e. The van der Waals surface area contributed by atoms with E-state index in [1.807, 2.05) is 5.32 Å². The van der Waals surface area contributed by atoms with Crippen LogP contribution < -0.4 is 16.0 Å². The van der Waals surface area contributed by atoms with Crippen LogP contribution in [-0.4, -0.2) is 51.6 Å². The number of halogens is 6. The topological polar surface area (TPSA) is 128 Å². The van der Waals surface area contributed by atoms with Crippen LogP contribution in [-0.2, 0) is 11.0 Å². The number of nitrogens with zero attached hydrogens (tertiary/aromatic N) is 3. The number of amides is 1. The van der Waals surface area contributed by atoms with Crippen LogP contribution in [0, 0.1) is 18.3 Å². The van der Waals surface area contributed by atoms with Crippen LogP contribution in [0.5, 0.6) is 0 Å². The first-order valence-corrected chi connectivity index (χ1v) is 9.49. The maximum Gasteiger partial charge on any atom is 0.433 e. The number of anilines is 1. The highest BCUT2D eigenvalue weighted by Crippen LogP contribution is 2.43. The molecule has 14 heteroatoms. The quantitative estimate of drug-likeness (QED) is 0.399. The van der Waals surface area contributed by atoms with Gasteiger partial charge in [-0.3, -0.25) is 4.79 Å². The minimum atomic E-state index is -5.25. The highest BCUT2D eigenvalue weighted by Gasteiger charge is 2.61. The minimum absolute atomic E-state index is 0.0188. The highest BCUT2D eigenvalue weighted by atomic mass is 19.4. The van der Waals surface area contributed by atoms with Crippen LogP contribution in [0.3, 0.4) is 0 Å². The Hall–Kier alpha value is -2.90. The maximum absolute atomic E-state index is 13.6. The average molecular weight is 466 g/mol. The van der Waals surface area contributed by atoms with Gasteiger partial charge in [0.1, 0.15) is 23.2 Å². The van der Waals surface area contributed by atoms with E-state index >= 15 is 0 Å². The largest absolute Gasteiger partial charge is 0.433 e. The third-order valence-corrected chi connectivity index (χ3v) is 5.45. The fraction of sp³-hybridized carbons (Fsp3) is 0.556. The van der Waals surface area contributed by atoms with Crippen molar-refractivity contribution in [1.29, 1.82) is 5.41 Å². The van der Waals surface area contributed by atoms with Crippen LogP contribution in [0.4, 0.5) is 32.2 Å². The maximum atomic E-state index is 13.6. The van der Waals surface area contributed by atoms with Crippen LogP contribution in [0.2, 0.25) is 0 Å². The van der Waals surface area contributed by atoms with Gasteiger partial charge in [0, 0.05) is 30.8 Å². The third-order valence-electron chi connectivity index (χ3n) is 5.45. The summed E-state index contributed by atoms with van der Waals surface area (Å²) in [5.74, 6) is -2.71. The van der Waals surface area contributed by atoms with Gasteiger partial charge in [0.05, 0.1) is 12.0 Å². The predicted molar refractivity (Wildman–Crippen MR) is 99.4 cm³/mol. The lowest BCUT2D eigenvalue weighted by Crippen LogP contribution is -2.58. The number of aromatic nitrogens is 2. The van der Waals surface area contributed by atoms with Crippen LogP contribution >= 0.6 is 0 Å². The fourth-order valence-electron chi connectivity index (χ4n) is 3.87. The highest BCUT2D eigenvalue weighted by molar-refractivity contribution is 6.04. The van der Waals surface area contributed by atoms with Gasteiger partial charge >= 0.3 is 12.4 Å². The van der Waals surface area contributed by atoms with Gasteiger partial charge in [-0.15, -0.1) is 0 Å². The number of aliphatic hydroxyl groups is 1. The fourth-order valence-corrected chi connectivity index (χ4v) is 3.87. The van der Waals surface area contributed by atoms with E-state index in [1.54, 1.807) is 0 Å². The first-order valence-electron chi connectivity index (χ1n) is 9.49. The Labute approximate surface area is 178 Å². The molecule has 1 unspecified atom stereocenters. The first-order chi connectivity index (χ1) is 14.6. The molecule has 2 aliphatic heterocycles. The van der Waals surface area contributed by atoms with Crippen LogP contribution in [0.15, 0.2) is 17.5 Å². The molecule has 1 saturated heterocycles. The van der Waals surface area contributed by atoms with Crippen molar-refractivity contribution in [2.45, 2.75) is 44.1 Å². The second-order valence-corrected chi connectivity index (χ2v) is 7.70. The summed E-state index contributed by atoms with van der Waals surface area (Å²) in [6.45, 7) is 1.52. The molecule has 0 aliphatic carbocycles. The van der Waals surface area contributed by atoms with Gasteiger partial charge < -0.3 is 26.5 Å². The Balaban J connectivity index is 1.81. The van der Waals surface area contributed by atoms with Gasteiger partial charge in [0.2, 0.25) is 5.91 Å². The van der Waals surface area contributed by atoms with Gasteiger partial charge in [-0.2, -0.15) is 26.3 Å². The molecule has 1 amide bonds. The van der Waals surface area contributed by atoms with E-state index in [4.69, 9.17) is 11.1 Å². The molecule has 176 valence electrons. The van der Waals surface area contributed by atoms with E-state index in [0.717, 1.165) is 6.07 Å². The number of nitrogens with one attached hydrogen (secondary N) is 2. The van der Waals surface area contributed by atoms with Crippen molar-refractivity contribution >= 4 is 17.4 Å². The summed E-state index contributed by atoms with van der Waals surface area (Å²) in [6, 6.07) is 0.790. The van der Waals surface area contributed by atoms with Gasteiger partial charge in [-0.25, -0.2) is 9.97 Å². The molecule has 0 saturated carbocycles. The molecule has 0 bridgehead atoms. The molecule has 0 radical (unpaired) electrons. The number of carbonyl (C=O) groups excluding carboxylic acids is 1. The molecule has 2 aliphatic rings. The van der Waals surface area contributed by atoms with Crippen molar-refractivity contribution in [1.82, 2.24) is 15.3 Å². The Morgan fingerprint density at radius 3 is 2.38 bits per heavy atom. The van der Waals surface area contributed by atoms with Crippen molar-refractivity contribution in [3.8, 4) is 0 Å². The van der Waals surface area contributed by atoms with Gasteiger partial charge in [0.15, 0.2) is 5.60 Å². The molecule has 1 atom stereocenters. The SMILES string of the molecule is Cc1nc(N2CCC(C(=N)C3=C(N)NC(=O)CC3(O)C(F)(F)F)CC2)cc(C(F)(F)F)n1. The molecule has 0 spiro atoms. The van der Waals surface area contributed by atoms with E-state index < -0.39 is 59.0 Å². The first kappa shape index (κ1) is 23.8.